The van der Waals surface area contributed by atoms with Crippen LogP contribution in [0.5, 0.6) is 0 Å². The van der Waals surface area contributed by atoms with E-state index in [2.05, 4.69) is 24.3 Å². The van der Waals surface area contributed by atoms with E-state index >= 15 is 0 Å². The number of methoxy groups -OCH3 is 1. The van der Waals surface area contributed by atoms with Crippen LogP contribution in [0, 0.1) is 0 Å². The summed E-state index contributed by atoms with van der Waals surface area (Å²) in [5.41, 5.74) is 1.48. The smallest absolute Gasteiger partial charge is 0.0600 e. The highest BCUT2D eigenvalue weighted by atomic mass is 32.2. The van der Waals surface area contributed by atoms with E-state index < -0.39 is 0 Å². The minimum absolute atomic E-state index is 0.400. The van der Waals surface area contributed by atoms with E-state index in [-0.39, 0.29) is 0 Å². The minimum atomic E-state index is 0.400. The number of rotatable bonds is 4. The third-order valence-electron chi connectivity index (χ3n) is 4.24. The molecular formula is C16H22O2S. The summed E-state index contributed by atoms with van der Waals surface area (Å²) in [6, 6.07) is 8.74. The molecule has 104 valence electrons. The largest absolute Gasteiger partial charge is 0.381 e. The van der Waals surface area contributed by atoms with Gasteiger partial charge in [-0.1, -0.05) is 18.2 Å². The summed E-state index contributed by atoms with van der Waals surface area (Å²) < 4.78 is 11.6. The van der Waals surface area contributed by atoms with Crippen LogP contribution in [-0.2, 0) is 9.47 Å². The lowest BCUT2D eigenvalue weighted by Crippen LogP contribution is -2.28. The summed E-state index contributed by atoms with van der Waals surface area (Å²) in [4.78, 5) is 1.44. The molecule has 1 saturated carbocycles. The van der Waals surface area contributed by atoms with Gasteiger partial charge in [-0.05, 0) is 37.3 Å². The third kappa shape index (κ3) is 3.15. The zero-order valence-electron chi connectivity index (χ0n) is 11.5. The molecule has 3 rings (SSSR count). The zero-order valence-corrected chi connectivity index (χ0v) is 12.3. The van der Waals surface area contributed by atoms with Gasteiger partial charge in [0.2, 0.25) is 0 Å². The van der Waals surface area contributed by atoms with Gasteiger partial charge in [0.05, 0.1) is 18.8 Å². The SMILES string of the molecule is COC1CCCC(OCC2CSc3ccccc32)C1. The summed E-state index contributed by atoms with van der Waals surface area (Å²) in [7, 11) is 1.82. The molecule has 1 aliphatic heterocycles. The van der Waals surface area contributed by atoms with Gasteiger partial charge in [0.15, 0.2) is 0 Å². The van der Waals surface area contributed by atoms with E-state index in [1.54, 1.807) is 0 Å². The average Bonchev–Trinajstić information content (AvgIpc) is 2.89. The molecule has 1 aromatic carbocycles. The maximum atomic E-state index is 6.16. The molecule has 3 atom stereocenters. The number of hydrogen-bond acceptors (Lipinski definition) is 3. The maximum Gasteiger partial charge on any atom is 0.0600 e. The number of hydrogen-bond donors (Lipinski definition) is 0. The van der Waals surface area contributed by atoms with Crippen molar-refractivity contribution >= 4 is 11.8 Å². The van der Waals surface area contributed by atoms with E-state index in [0.717, 1.165) is 13.0 Å². The predicted molar refractivity (Wildman–Crippen MR) is 78.9 cm³/mol. The molecule has 0 N–H and O–H groups in total. The van der Waals surface area contributed by atoms with Gasteiger partial charge in [0, 0.05) is 23.7 Å². The van der Waals surface area contributed by atoms with E-state index in [0.29, 0.717) is 18.1 Å². The molecule has 0 amide bonds. The number of benzene rings is 1. The van der Waals surface area contributed by atoms with Crippen LogP contribution in [-0.4, -0.2) is 31.7 Å². The molecule has 1 heterocycles. The Labute approximate surface area is 119 Å². The van der Waals surface area contributed by atoms with Gasteiger partial charge < -0.3 is 9.47 Å². The fourth-order valence-corrected chi connectivity index (χ4v) is 4.32. The summed E-state index contributed by atoms with van der Waals surface area (Å²) in [5.74, 6) is 1.74. The van der Waals surface area contributed by atoms with Crippen molar-refractivity contribution in [2.45, 2.75) is 48.7 Å². The number of ether oxygens (including phenoxy) is 2. The van der Waals surface area contributed by atoms with Crippen LogP contribution in [0.15, 0.2) is 29.2 Å². The summed E-state index contributed by atoms with van der Waals surface area (Å²) in [6.45, 7) is 0.866. The second-order valence-corrected chi connectivity index (χ2v) is 6.59. The van der Waals surface area contributed by atoms with Gasteiger partial charge in [-0.15, -0.1) is 11.8 Å². The standard InChI is InChI=1S/C16H22O2S/c1-17-13-5-4-6-14(9-13)18-10-12-11-19-16-8-3-2-7-15(12)16/h2-3,7-8,12-14H,4-6,9-11H2,1H3. The third-order valence-corrected chi connectivity index (χ3v) is 5.50. The molecule has 0 bridgehead atoms. The van der Waals surface area contributed by atoms with Crippen molar-refractivity contribution in [1.82, 2.24) is 0 Å². The summed E-state index contributed by atoms with van der Waals surface area (Å²) >= 11 is 1.96. The summed E-state index contributed by atoms with van der Waals surface area (Å²) in [5, 5.41) is 0. The molecule has 3 unspecified atom stereocenters. The molecule has 1 aromatic rings. The lowest BCUT2D eigenvalue weighted by Gasteiger charge is -2.29. The van der Waals surface area contributed by atoms with Crippen LogP contribution in [0.25, 0.3) is 0 Å². The van der Waals surface area contributed by atoms with Gasteiger partial charge >= 0.3 is 0 Å². The lowest BCUT2D eigenvalue weighted by molar-refractivity contribution is -0.0322. The molecule has 1 fully saturated rings. The van der Waals surface area contributed by atoms with E-state index in [1.807, 2.05) is 18.9 Å². The average molecular weight is 278 g/mol. The van der Waals surface area contributed by atoms with Crippen LogP contribution in [0.1, 0.15) is 37.2 Å². The first kappa shape index (κ1) is 13.5. The Kier molecular flexibility index (Phi) is 4.46. The first-order valence-electron chi connectivity index (χ1n) is 7.23. The molecule has 0 aromatic heterocycles. The van der Waals surface area contributed by atoms with Crippen molar-refractivity contribution < 1.29 is 9.47 Å². The minimum Gasteiger partial charge on any atom is -0.381 e. The van der Waals surface area contributed by atoms with Gasteiger partial charge in [-0.25, -0.2) is 0 Å². The monoisotopic (exact) mass is 278 g/mol. The first-order chi connectivity index (χ1) is 9.36. The van der Waals surface area contributed by atoms with Crippen molar-refractivity contribution in [3.63, 3.8) is 0 Å². The Morgan fingerprint density at radius 2 is 2.05 bits per heavy atom. The van der Waals surface area contributed by atoms with Crippen LogP contribution in [0.2, 0.25) is 0 Å². The predicted octanol–water partition coefficient (Wildman–Crippen LogP) is 3.85. The van der Waals surface area contributed by atoms with E-state index in [4.69, 9.17) is 9.47 Å². The Bertz CT molecular complexity index is 421. The molecule has 1 aliphatic carbocycles. The lowest BCUT2D eigenvalue weighted by atomic mass is 9.94. The fraction of sp³-hybridized carbons (Fsp3) is 0.625. The zero-order chi connectivity index (χ0) is 13.1. The van der Waals surface area contributed by atoms with E-state index in [9.17, 15) is 0 Å². The Morgan fingerprint density at radius 3 is 2.95 bits per heavy atom. The summed E-state index contributed by atoms with van der Waals surface area (Å²) in [6.07, 6.45) is 5.50. The molecule has 0 radical (unpaired) electrons. The van der Waals surface area contributed by atoms with Crippen LogP contribution in [0.4, 0.5) is 0 Å². The van der Waals surface area contributed by atoms with Gasteiger partial charge in [-0.2, -0.15) is 0 Å². The van der Waals surface area contributed by atoms with Crippen molar-refractivity contribution in [3.8, 4) is 0 Å². The normalized spacial score (nSPS) is 30.3. The van der Waals surface area contributed by atoms with Crippen molar-refractivity contribution in [1.29, 1.82) is 0 Å². The van der Waals surface area contributed by atoms with Crippen LogP contribution in [0.3, 0.4) is 0 Å². The molecule has 3 heteroatoms. The van der Waals surface area contributed by atoms with Gasteiger partial charge in [0.1, 0.15) is 0 Å². The van der Waals surface area contributed by atoms with E-state index in [1.165, 1.54) is 35.5 Å². The highest BCUT2D eigenvalue weighted by molar-refractivity contribution is 7.99. The highest BCUT2D eigenvalue weighted by Gasteiger charge is 2.26. The fourth-order valence-electron chi connectivity index (χ4n) is 3.09. The molecular weight excluding hydrogens is 256 g/mol. The number of fused-ring (bicyclic) bond motifs is 1. The van der Waals surface area contributed by atoms with Crippen LogP contribution < -0.4 is 0 Å². The molecule has 0 spiro atoms. The van der Waals surface area contributed by atoms with Crippen LogP contribution >= 0.6 is 11.8 Å². The van der Waals surface area contributed by atoms with Crippen molar-refractivity contribution in [2.24, 2.45) is 0 Å². The van der Waals surface area contributed by atoms with Gasteiger partial charge in [0.25, 0.3) is 0 Å². The van der Waals surface area contributed by atoms with Crippen molar-refractivity contribution in [2.75, 3.05) is 19.5 Å². The Hall–Kier alpha value is -0.510. The Balaban J connectivity index is 1.53. The second kappa shape index (κ2) is 6.29. The highest BCUT2D eigenvalue weighted by Crippen LogP contribution is 2.39. The molecule has 0 saturated heterocycles. The Morgan fingerprint density at radius 1 is 1.21 bits per heavy atom. The quantitative estimate of drug-likeness (QED) is 0.833. The molecule has 2 nitrogen and oxygen atoms in total. The maximum absolute atomic E-state index is 6.16. The molecule has 2 aliphatic rings. The number of thioether (sulfide) groups is 1. The molecule has 19 heavy (non-hydrogen) atoms. The van der Waals surface area contributed by atoms with Gasteiger partial charge in [-0.3, -0.25) is 0 Å². The topological polar surface area (TPSA) is 18.5 Å². The first-order valence-corrected chi connectivity index (χ1v) is 8.21. The van der Waals surface area contributed by atoms with Crippen molar-refractivity contribution in [3.05, 3.63) is 29.8 Å². The second-order valence-electron chi connectivity index (χ2n) is 5.53.